The molecule has 22 heavy (non-hydrogen) atoms. The maximum atomic E-state index is 13.1. The molecular formula is C16H17N3O2S. The zero-order chi connectivity index (χ0) is 15.4. The van der Waals surface area contributed by atoms with E-state index in [1.165, 1.54) is 4.31 Å². The summed E-state index contributed by atoms with van der Waals surface area (Å²) in [6, 6.07) is 16.0. The molecule has 0 saturated carbocycles. The monoisotopic (exact) mass is 315 g/mol. The highest BCUT2D eigenvalue weighted by Gasteiger charge is 2.55. The Kier molecular flexibility index (Phi) is 2.84. The molecule has 2 aromatic carbocycles. The molecular weight excluding hydrogens is 298 g/mol. The van der Waals surface area contributed by atoms with Crippen molar-refractivity contribution in [2.75, 3.05) is 10.8 Å². The average Bonchev–Trinajstić information content (AvgIpc) is 3.01. The number of benzene rings is 2. The summed E-state index contributed by atoms with van der Waals surface area (Å²) in [5, 5.41) is 3.25. The topological polar surface area (TPSA) is 75.4 Å². The average molecular weight is 315 g/mol. The minimum absolute atomic E-state index is 0.280. The lowest BCUT2D eigenvalue weighted by Gasteiger charge is -2.30. The molecule has 114 valence electrons. The molecule has 3 N–H and O–H groups in total. The van der Waals surface area contributed by atoms with Crippen LogP contribution in [0, 0.1) is 0 Å². The summed E-state index contributed by atoms with van der Waals surface area (Å²) in [7, 11) is -3.65. The number of rotatable bonds is 2. The van der Waals surface area contributed by atoms with Crippen molar-refractivity contribution < 1.29 is 8.42 Å². The highest BCUT2D eigenvalue weighted by Crippen LogP contribution is 2.47. The van der Waals surface area contributed by atoms with Crippen LogP contribution in [-0.2, 0) is 15.6 Å². The predicted molar refractivity (Wildman–Crippen MR) is 84.8 cm³/mol. The maximum Gasteiger partial charge on any atom is 0.265 e. The lowest BCUT2D eigenvalue weighted by atomic mass is 9.90. The molecule has 0 unspecified atom stereocenters. The molecule has 2 heterocycles. The molecule has 2 atom stereocenters. The van der Waals surface area contributed by atoms with Gasteiger partial charge in [0.2, 0.25) is 0 Å². The highest BCUT2D eigenvalue weighted by molar-refractivity contribution is 7.92. The summed E-state index contributed by atoms with van der Waals surface area (Å²) in [6.07, 6.45) is 0.283. The minimum Gasteiger partial charge on any atom is -0.318 e. The fourth-order valence-corrected chi connectivity index (χ4v) is 5.17. The molecule has 1 saturated heterocycles. The Hall–Kier alpha value is -1.89. The van der Waals surface area contributed by atoms with Crippen molar-refractivity contribution in [1.82, 2.24) is 5.32 Å². The van der Waals surface area contributed by atoms with E-state index in [2.05, 4.69) is 5.32 Å². The fraction of sp³-hybridized carbons (Fsp3) is 0.250. The zero-order valence-electron chi connectivity index (χ0n) is 11.9. The number of nitrogens with zero attached hydrogens (tertiary/aromatic N) is 1. The number of anilines is 1. The van der Waals surface area contributed by atoms with Crippen LogP contribution in [0.4, 0.5) is 5.69 Å². The Morgan fingerprint density at radius 2 is 1.77 bits per heavy atom. The minimum atomic E-state index is -3.65. The Balaban J connectivity index is 1.93. The zero-order valence-corrected chi connectivity index (χ0v) is 12.8. The first-order valence-corrected chi connectivity index (χ1v) is 8.70. The number of para-hydroxylation sites is 1. The van der Waals surface area contributed by atoms with Crippen LogP contribution < -0.4 is 15.4 Å². The van der Waals surface area contributed by atoms with Crippen LogP contribution in [0.5, 0.6) is 0 Å². The number of hydrogen-bond donors (Lipinski definition) is 2. The van der Waals surface area contributed by atoms with Crippen molar-refractivity contribution in [1.29, 1.82) is 0 Å². The summed E-state index contributed by atoms with van der Waals surface area (Å²) in [5.41, 5.74) is 7.47. The number of nitrogens with one attached hydrogen (secondary N) is 1. The number of sulfonamides is 1. The maximum absolute atomic E-state index is 13.1. The van der Waals surface area contributed by atoms with Crippen molar-refractivity contribution in [3.05, 3.63) is 60.2 Å². The predicted octanol–water partition coefficient (Wildman–Crippen LogP) is 1.37. The van der Waals surface area contributed by atoms with Crippen molar-refractivity contribution in [3.63, 3.8) is 0 Å². The van der Waals surface area contributed by atoms with Gasteiger partial charge in [-0.1, -0.05) is 36.4 Å². The first-order valence-electron chi connectivity index (χ1n) is 7.26. The van der Waals surface area contributed by atoms with Gasteiger partial charge < -0.3 is 5.73 Å². The molecule has 0 radical (unpaired) electrons. The van der Waals surface area contributed by atoms with Gasteiger partial charge in [0.05, 0.1) is 16.1 Å². The second kappa shape index (κ2) is 4.55. The van der Waals surface area contributed by atoms with E-state index in [4.69, 9.17) is 5.73 Å². The molecule has 2 aliphatic rings. The summed E-state index contributed by atoms with van der Waals surface area (Å²) >= 11 is 0. The molecule has 4 rings (SSSR count). The Bertz CT molecular complexity index is 822. The normalized spacial score (nSPS) is 26.8. The third-order valence-electron chi connectivity index (χ3n) is 4.54. The van der Waals surface area contributed by atoms with Crippen LogP contribution in [0.25, 0.3) is 0 Å². The molecule has 5 nitrogen and oxygen atoms in total. The van der Waals surface area contributed by atoms with Gasteiger partial charge in [-0.15, -0.1) is 0 Å². The summed E-state index contributed by atoms with van der Waals surface area (Å²) in [4.78, 5) is 0.280. The van der Waals surface area contributed by atoms with Crippen LogP contribution in [0.2, 0.25) is 0 Å². The molecule has 6 heteroatoms. The van der Waals surface area contributed by atoms with E-state index in [9.17, 15) is 8.42 Å². The third-order valence-corrected chi connectivity index (χ3v) is 6.34. The lowest BCUT2D eigenvalue weighted by Crippen LogP contribution is -2.54. The summed E-state index contributed by atoms with van der Waals surface area (Å²) < 4.78 is 27.7. The van der Waals surface area contributed by atoms with Crippen molar-refractivity contribution in [2.45, 2.75) is 23.0 Å². The Morgan fingerprint density at radius 1 is 1.09 bits per heavy atom. The van der Waals surface area contributed by atoms with Gasteiger partial charge in [-0.2, -0.15) is 0 Å². The quantitative estimate of drug-likeness (QED) is 0.877. The molecule has 0 aliphatic carbocycles. The molecule has 0 spiro atoms. The first kappa shape index (κ1) is 13.8. The number of nitrogens with two attached hydrogens (primary N) is 1. The SMILES string of the molecule is N[C@]12CCN[C@H]1N(S(=O)(=O)c1ccccc1)c1ccccc12. The molecule has 2 aromatic rings. The molecule has 0 amide bonds. The van der Waals surface area contributed by atoms with Gasteiger partial charge in [0, 0.05) is 0 Å². The number of fused-ring (bicyclic) bond motifs is 3. The Morgan fingerprint density at radius 3 is 2.55 bits per heavy atom. The standard InChI is InChI=1S/C16H17N3O2S/c17-16-10-11-18-15(16)19(14-9-5-4-8-13(14)16)22(20,21)12-6-2-1-3-7-12/h1-9,15,18H,10-11,17H2/t15-,16-/m0/s1. The second-order valence-corrected chi connectivity index (χ2v) is 7.59. The highest BCUT2D eigenvalue weighted by atomic mass is 32.2. The molecule has 1 fully saturated rings. The smallest absolute Gasteiger partial charge is 0.265 e. The van der Waals surface area contributed by atoms with E-state index < -0.39 is 21.7 Å². The molecule has 0 bridgehead atoms. The van der Waals surface area contributed by atoms with E-state index in [1.807, 2.05) is 24.3 Å². The van der Waals surface area contributed by atoms with Gasteiger partial charge in [-0.05, 0) is 36.7 Å². The van der Waals surface area contributed by atoms with E-state index in [-0.39, 0.29) is 4.90 Å². The van der Waals surface area contributed by atoms with Gasteiger partial charge in [-0.3, -0.25) is 5.32 Å². The molecule has 0 aromatic heterocycles. The van der Waals surface area contributed by atoms with Crippen LogP contribution in [0.3, 0.4) is 0 Å². The van der Waals surface area contributed by atoms with Gasteiger partial charge >= 0.3 is 0 Å². The van der Waals surface area contributed by atoms with E-state index in [0.717, 1.165) is 12.0 Å². The van der Waals surface area contributed by atoms with Crippen LogP contribution in [0.15, 0.2) is 59.5 Å². The van der Waals surface area contributed by atoms with Crippen molar-refractivity contribution in [3.8, 4) is 0 Å². The van der Waals surface area contributed by atoms with Gasteiger partial charge in [-0.25, -0.2) is 12.7 Å². The van der Waals surface area contributed by atoms with Crippen LogP contribution >= 0.6 is 0 Å². The van der Waals surface area contributed by atoms with E-state index >= 15 is 0 Å². The van der Waals surface area contributed by atoms with Crippen molar-refractivity contribution in [2.24, 2.45) is 5.73 Å². The van der Waals surface area contributed by atoms with Crippen LogP contribution in [-0.4, -0.2) is 21.1 Å². The van der Waals surface area contributed by atoms with Gasteiger partial charge in [0.1, 0.15) is 6.17 Å². The Labute approximate surface area is 129 Å². The van der Waals surface area contributed by atoms with Crippen LogP contribution in [0.1, 0.15) is 12.0 Å². The molecule has 2 aliphatic heterocycles. The fourth-order valence-electron chi connectivity index (χ4n) is 3.48. The third kappa shape index (κ3) is 1.68. The summed E-state index contributed by atoms with van der Waals surface area (Å²) in [6.45, 7) is 0.705. The van der Waals surface area contributed by atoms with Gasteiger partial charge in [0.15, 0.2) is 0 Å². The van der Waals surface area contributed by atoms with Gasteiger partial charge in [0.25, 0.3) is 10.0 Å². The van der Waals surface area contributed by atoms with Crippen molar-refractivity contribution >= 4 is 15.7 Å². The van der Waals surface area contributed by atoms with E-state index in [1.54, 1.807) is 30.3 Å². The summed E-state index contributed by atoms with van der Waals surface area (Å²) in [5.74, 6) is 0. The lowest BCUT2D eigenvalue weighted by molar-refractivity contribution is 0.417. The van der Waals surface area contributed by atoms with E-state index in [0.29, 0.717) is 12.2 Å². The second-order valence-electron chi connectivity index (χ2n) is 5.78. The largest absolute Gasteiger partial charge is 0.318 e. The number of hydrogen-bond acceptors (Lipinski definition) is 4. The first-order chi connectivity index (χ1) is 10.5.